The summed E-state index contributed by atoms with van der Waals surface area (Å²) in [4.78, 5) is 29.8. The van der Waals surface area contributed by atoms with Gasteiger partial charge in [-0.1, -0.05) is 25.1 Å². The largest absolute Gasteiger partial charge is 0.365 e. The molecule has 2 amide bonds. The van der Waals surface area contributed by atoms with Crippen molar-refractivity contribution in [2.24, 2.45) is 0 Å². The third kappa shape index (κ3) is 4.00. The Bertz CT molecular complexity index is 664. The van der Waals surface area contributed by atoms with Gasteiger partial charge in [0.25, 0.3) is 5.91 Å². The SMILES string of the molecule is CCCN(C(=O)c1cc[nH]c1C)[C@H](C)C(=O)Nc1ccccc1. The molecule has 0 saturated heterocycles. The lowest BCUT2D eigenvalue weighted by molar-refractivity contribution is -0.120. The lowest BCUT2D eigenvalue weighted by Gasteiger charge is -2.28. The van der Waals surface area contributed by atoms with Crippen LogP contribution in [0.3, 0.4) is 0 Å². The van der Waals surface area contributed by atoms with Crippen LogP contribution in [-0.4, -0.2) is 34.3 Å². The summed E-state index contributed by atoms with van der Waals surface area (Å²) >= 11 is 0. The molecule has 1 aromatic heterocycles. The van der Waals surface area contributed by atoms with Crippen molar-refractivity contribution < 1.29 is 9.59 Å². The predicted molar refractivity (Wildman–Crippen MR) is 91.4 cm³/mol. The zero-order valence-electron chi connectivity index (χ0n) is 13.8. The van der Waals surface area contributed by atoms with Gasteiger partial charge in [-0.05, 0) is 38.5 Å². The molecule has 0 saturated carbocycles. The number of carbonyl (C=O) groups excluding carboxylic acids is 2. The second-order valence-electron chi connectivity index (χ2n) is 5.55. The van der Waals surface area contributed by atoms with Crippen molar-refractivity contribution in [3.8, 4) is 0 Å². The van der Waals surface area contributed by atoms with Crippen molar-refractivity contribution in [1.29, 1.82) is 0 Å². The number of carbonyl (C=O) groups is 2. The molecule has 122 valence electrons. The summed E-state index contributed by atoms with van der Waals surface area (Å²) in [5.41, 5.74) is 2.15. The van der Waals surface area contributed by atoms with E-state index in [2.05, 4.69) is 10.3 Å². The number of nitrogens with zero attached hydrogens (tertiary/aromatic N) is 1. The number of amides is 2. The molecule has 5 heteroatoms. The van der Waals surface area contributed by atoms with Crippen molar-refractivity contribution in [1.82, 2.24) is 9.88 Å². The van der Waals surface area contributed by atoms with Crippen LogP contribution in [0.15, 0.2) is 42.6 Å². The Labute approximate surface area is 136 Å². The van der Waals surface area contributed by atoms with Crippen LogP contribution < -0.4 is 5.32 Å². The first kappa shape index (κ1) is 16.8. The van der Waals surface area contributed by atoms with Gasteiger partial charge in [-0.25, -0.2) is 0 Å². The molecule has 1 aromatic carbocycles. The third-order valence-electron chi connectivity index (χ3n) is 3.80. The number of rotatable bonds is 6. The van der Waals surface area contributed by atoms with Gasteiger partial charge in [0.1, 0.15) is 6.04 Å². The fourth-order valence-electron chi connectivity index (χ4n) is 2.46. The maximum atomic E-state index is 12.7. The summed E-state index contributed by atoms with van der Waals surface area (Å²) in [6, 6.07) is 10.5. The van der Waals surface area contributed by atoms with E-state index in [1.807, 2.05) is 44.2 Å². The van der Waals surface area contributed by atoms with Gasteiger partial charge in [0.2, 0.25) is 5.91 Å². The summed E-state index contributed by atoms with van der Waals surface area (Å²) in [5.74, 6) is -0.312. The number of nitrogens with one attached hydrogen (secondary N) is 2. The smallest absolute Gasteiger partial charge is 0.256 e. The number of hydrogen-bond acceptors (Lipinski definition) is 2. The number of anilines is 1. The number of aryl methyl sites for hydroxylation is 1. The summed E-state index contributed by atoms with van der Waals surface area (Å²) in [5, 5.41) is 2.85. The molecule has 0 aliphatic heterocycles. The van der Waals surface area contributed by atoms with Gasteiger partial charge in [0, 0.05) is 24.1 Å². The number of aromatic nitrogens is 1. The van der Waals surface area contributed by atoms with Crippen LogP contribution in [0.1, 0.15) is 36.3 Å². The van der Waals surface area contributed by atoms with Gasteiger partial charge in [-0.15, -0.1) is 0 Å². The average Bonchev–Trinajstić information content (AvgIpc) is 2.98. The van der Waals surface area contributed by atoms with E-state index in [1.54, 1.807) is 24.1 Å². The molecule has 0 unspecified atom stereocenters. The van der Waals surface area contributed by atoms with Crippen molar-refractivity contribution in [3.63, 3.8) is 0 Å². The lowest BCUT2D eigenvalue weighted by Crippen LogP contribution is -2.46. The molecule has 2 rings (SSSR count). The Morgan fingerprint density at radius 2 is 1.91 bits per heavy atom. The predicted octanol–water partition coefficient (Wildman–Crippen LogP) is 3.20. The highest BCUT2D eigenvalue weighted by Crippen LogP contribution is 2.14. The fraction of sp³-hybridized carbons (Fsp3) is 0.333. The van der Waals surface area contributed by atoms with Crippen molar-refractivity contribution in [3.05, 3.63) is 53.9 Å². The first-order valence-corrected chi connectivity index (χ1v) is 7.85. The fourth-order valence-corrected chi connectivity index (χ4v) is 2.46. The van der Waals surface area contributed by atoms with E-state index in [0.717, 1.165) is 17.8 Å². The van der Waals surface area contributed by atoms with Gasteiger partial charge >= 0.3 is 0 Å². The minimum absolute atomic E-state index is 0.124. The molecule has 0 bridgehead atoms. The van der Waals surface area contributed by atoms with E-state index < -0.39 is 6.04 Å². The minimum Gasteiger partial charge on any atom is -0.365 e. The molecule has 0 fully saturated rings. The standard InChI is InChI=1S/C18H23N3O2/c1-4-12-21(18(23)16-10-11-19-13(16)2)14(3)17(22)20-15-8-6-5-7-9-15/h5-11,14,19H,4,12H2,1-3H3,(H,20,22)/t14-/m1/s1. The Balaban J connectivity index is 2.14. The normalized spacial score (nSPS) is 11.8. The van der Waals surface area contributed by atoms with E-state index in [4.69, 9.17) is 0 Å². The molecule has 0 radical (unpaired) electrons. The molecule has 23 heavy (non-hydrogen) atoms. The molecule has 2 N–H and O–H groups in total. The van der Waals surface area contributed by atoms with E-state index in [1.165, 1.54) is 0 Å². The van der Waals surface area contributed by atoms with Crippen LogP contribution >= 0.6 is 0 Å². The van der Waals surface area contributed by atoms with Crippen LogP contribution in [0.25, 0.3) is 0 Å². The first-order valence-electron chi connectivity index (χ1n) is 7.85. The zero-order valence-corrected chi connectivity index (χ0v) is 13.8. The van der Waals surface area contributed by atoms with E-state index in [9.17, 15) is 9.59 Å². The second-order valence-corrected chi connectivity index (χ2v) is 5.55. The van der Waals surface area contributed by atoms with E-state index in [-0.39, 0.29) is 11.8 Å². The van der Waals surface area contributed by atoms with Crippen LogP contribution in [0.5, 0.6) is 0 Å². The second kappa shape index (κ2) is 7.63. The highest BCUT2D eigenvalue weighted by molar-refractivity contribution is 6.01. The van der Waals surface area contributed by atoms with Gasteiger partial charge in [0.05, 0.1) is 5.56 Å². The number of aromatic amines is 1. The van der Waals surface area contributed by atoms with E-state index >= 15 is 0 Å². The Hall–Kier alpha value is -2.56. The molecule has 0 aliphatic rings. The third-order valence-corrected chi connectivity index (χ3v) is 3.80. The lowest BCUT2D eigenvalue weighted by atomic mass is 10.1. The zero-order chi connectivity index (χ0) is 16.8. The average molecular weight is 313 g/mol. The maximum Gasteiger partial charge on any atom is 0.256 e. The molecule has 1 heterocycles. The number of benzene rings is 1. The van der Waals surface area contributed by atoms with Crippen LogP contribution in [-0.2, 0) is 4.79 Å². The maximum absolute atomic E-state index is 12.7. The van der Waals surface area contributed by atoms with Crippen LogP contribution in [0, 0.1) is 6.92 Å². The number of hydrogen-bond donors (Lipinski definition) is 2. The van der Waals surface area contributed by atoms with Crippen LogP contribution in [0.4, 0.5) is 5.69 Å². The first-order chi connectivity index (χ1) is 11.0. The highest BCUT2D eigenvalue weighted by atomic mass is 16.2. The van der Waals surface area contributed by atoms with Crippen molar-refractivity contribution in [2.45, 2.75) is 33.2 Å². The molecule has 0 spiro atoms. The molecule has 5 nitrogen and oxygen atoms in total. The molecular formula is C18H23N3O2. The topological polar surface area (TPSA) is 65.2 Å². The van der Waals surface area contributed by atoms with Gasteiger partial charge < -0.3 is 15.2 Å². The van der Waals surface area contributed by atoms with E-state index in [0.29, 0.717) is 12.1 Å². The quantitative estimate of drug-likeness (QED) is 0.860. The van der Waals surface area contributed by atoms with Crippen LogP contribution in [0.2, 0.25) is 0 Å². The summed E-state index contributed by atoms with van der Waals surface area (Å²) in [7, 11) is 0. The van der Waals surface area contributed by atoms with Crippen molar-refractivity contribution in [2.75, 3.05) is 11.9 Å². The Morgan fingerprint density at radius 1 is 1.22 bits per heavy atom. The van der Waals surface area contributed by atoms with Gasteiger partial charge in [-0.2, -0.15) is 0 Å². The number of H-pyrrole nitrogens is 1. The Morgan fingerprint density at radius 3 is 2.48 bits per heavy atom. The van der Waals surface area contributed by atoms with Gasteiger partial charge in [0.15, 0.2) is 0 Å². The molecular weight excluding hydrogens is 290 g/mol. The summed E-state index contributed by atoms with van der Waals surface area (Å²) in [6.07, 6.45) is 2.53. The molecule has 2 aromatic rings. The van der Waals surface area contributed by atoms with Gasteiger partial charge in [-0.3, -0.25) is 9.59 Å². The Kier molecular flexibility index (Phi) is 5.57. The summed E-state index contributed by atoms with van der Waals surface area (Å²) < 4.78 is 0. The number of para-hydroxylation sites is 1. The minimum atomic E-state index is -0.544. The molecule has 0 aliphatic carbocycles. The molecule has 1 atom stereocenters. The highest BCUT2D eigenvalue weighted by Gasteiger charge is 2.27. The summed E-state index contributed by atoms with van der Waals surface area (Å²) in [6.45, 7) is 6.14. The monoisotopic (exact) mass is 313 g/mol. The van der Waals surface area contributed by atoms with Crippen molar-refractivity contribution >= 4 is 17.5 Å².